The third-order valence-electron chi connectivity index (χ3n) is 4.76. The van der Waals surface area contributed by atoms with E-state index < -0.39 is 5.54 Å². The van der Waals surface area contributed by atoms with Crippen LogP contribution in [0.15, 0.2) is 0 Å². The monoisotopic (exact) mass is 411 g/mol. The van der Waals surface area contributed by atoms with Gasteiger partial charge in [-0.05, 0) is 40.4 Å². The summed E-state index contributed by atoms with van der Waals surface area (Å²) >= 11 is 0. The predicted octanol–water partition coefficient (Wildman–Crippen LogP) is -0.566. The first-order valence-electron chi connectivity index (χ1n) is 10.1. The van der Waals surface area contributed by atoms with Crippen molar-refractivity contribution in [3.63, 3.8) is 0 Å². The standard InChI is InChI=1S/C7H16N2.C6H15NO2.C4H11NO.C2H7NO/c1-9-7-5-3-2-4-6(7)8;1-3-6(4-8,5-9)7-2;1-5-3-4-6-2;1-3-4-2/h6-7,9H,2-5,8H2,1H3;7-9H,3-5H2,1-2H3;5H,3-4H2,1-2H3;3H,1-2H3. The highest BCUT2D eigenvalue weighted by molar-refractivity contribution is 4.83. The van der Waals surface area contributed by atoms with Crippen LogP contribution in [0.3, 0.4) is 0 Å². The number of hydroxylamine groups is 1. The average Bonchev–Trinajstić information content (AvgIpc) is 2.76. The van der Waals surface area contributed by atoms with E-state index in [2.05, 4.69) is 26.3 Å². The minimum absolute atomic E-state index is 0.0174. The third-order valence-corrected chi connectivity index (χ3v) is 4.76. The van der Waals surface area contributed by atoms with Crippen molar-refractivity contribution in [3.8, 4) is 0 Å². The smallest absolute Gasteiger partial charge is 0.0643 e. The average molecular weight is 412 g/mol. The first kappa shape index (κ1) is 32.3. The van der Waals surface area contributed by atoms with Gasteiger partial charge < -0.3 is 41.5 Å². The fourth-order valence-electron chi connectivity index (χ4n) is 2.33. The zero-order valence-corrected chi connectivity index (χ0v) is 19.3. The maximum absolute atomic E-state index is 8.75. The second kappa shape index (κ2) is 24.7. The van der Waals surface area contributed by atoms with Crippen molar-refractivity contribution >= 4 is 0 Å². The van der Waals surface area contributed by atoms with E-state index in [1.807, 2.05) is 21.0 Å². The Labute approximate surface area is 173 Å². The minimum Gasteiger partial charge on any atom is -0.394 e. The lowest BCUT2D eigenvalue weighted by Crippen LogP contribution is -2.49. The molecule has 28 heavy (non-hydrogen) atoms. The van der Waals surface area contributed by atoms with Crippen molar-refractivity contribution in [2.24, 2.45) is 5.73 Å². The van der Waals surface area contributed by atoms with Gasteiger partial charge in [0.25, 0.3) is 0 Å². The first-order chi connectivity index (χ1) is 13.4. The number of rotatable bonds is 9. The molecule has 1 saturated carbocycles. The summed E-state index contributed by atoms with van der Waals surface area (Å²) in [6.45, 7) is 3.63. The Hall–Kier alpha value is -0.360. The molecular weight excluding hydrogens is 362 g/mol. The van der Waals surface area contributed by atoms with Crippen molar-refractivity contribution in [3.05, 3.63) is 0 Å². The molecule has 2 atom stereocenters. The normalized spacial score (nSPS) is 18.6. The summed E-state index contributed by atoms with van der Waals surface area (Å²) in [5.41, 5.74) is 7.79. The number of hydrogen-bond acceptors (Lipinski definition) is 9. The van der Waals surface area contributed by atoms with Gasteiger partial charge in [-0.2, -0.15) is 0 Å². The van der Waals surface area contributed by atoms with Crippen molar-refractivity contribution in [2.45, 2.75) is 56.7 Å². The van der Waals surface area contributed by atoms with Gasteiger partial charge in [0.1, 0.15) is 0 Å². The number of nitrogens with two attached hydrogens (primary N) is 1. The Morgan fingerprint density at radius 1 is 1.04 bits per heavy atom. The summed E-state index contributed by atoms with van der Waals surface area (Å²) in [4.78, 5) is 4.29. The molecule has 1 fully saturated rings. The molecule has 0 aliphatic heterocycles. The molecule has 8 N–H and O–H groups in total. The molecule has 0 spiro atoms. The minimum atomic E-state index is -0.472. The molecule has 0 saturated heterocycles. The molecule has 1 rings (SSSR count). The summed E-state index contributed by atoms with van der Waals surface area (Å²) in [6.07, 6.45) is 5.86. The maximum Gasteiger partial charge on any atom is 0.0643 e. The molecule has 1 aliphatic rings. The summed E-state index contributed by atoms with van der Waals surface area (Å²) in [5.74, 6) is 0. The number of nitrogens with one attached hydrogen (secondary N) is 4. The van der Waals surface area contributed by atoms with Gasteiger partial charge in [-0.25, -0.2) is 5.48 Å². The van der Waals surface area contributed by atoms with E-state index in [0.29, 0.717) is 12.1 Å². The lowest BCUT2D eigenvalue weighted by molar-refractivity contribution is 0.0942. The third kappa shape index (κ3) is 19.0. The van der Waals surface area contributed by atoms with Crippen molar-refractivity contribution in [2.75, 3.05) is 68.8 Å². The molecule has 1 aliphatic carbocycles. The van der Waals surface area contributed by atoms with Crippen LogP contribution in [0.1, 0.15) is 39.0 Å². The fourth-order valence-corrected chi connectivity index (χ4v) is 2.33. The Bertz CT molecular complexity index is 262. The number of hydrogen-bond donors (Lipinski definition) is 7. The molecule has 174 valence electrons. The van der Waals surface area contributed by atoms with E-state index in [9.17, 15) is 0 Å². The summed E-state index contributed by atoms with van der Waals surface area (Å²) < 4.78 is 4.72. The number of ether oxygens (including phenoxy) is 1. The summed E-state index contributed by atoms with van der Waals surface area (Å²) in [7, 11) is 10.6. The second-order valence-electron chi connectivity index (χ2n) is 6.55. The van der Waals surface area contributed by atoms with Crippen LogP contribution in [-0.2, 0) is 9.57 Å². The first-order valence-corrected chi connectivity index (χ1v) is 10.1. The Balaban J connectivity index is -0.000000312. The van der Waals surface area contributed by atoms with E-state index in [0.717, 1.165) is 19.6 Å². The van der Waals surface area contributed by atoms with Crippen LogP contribution in [0, 0.1) is 0 Å². The highest BCUT2D eigenvalue weighted by Gasteiger charge is 2.23. The van der Waals surface area contributed by atoms with E-state index in [4.69, 9.17) is 20.7 Å². The van der Waals surface area contributed by atoms with Crippen LogP contribution in [0.25, 0.3) is 0 Å². The van der Waals surface area contributed by atoms with Gasteiger partial charge in [0.15, 0.2) is 0 Å². The summed E-state index contributed by atoms with van der Waals surface area (Å²) in [5, 5.41) is 26.5. The van der Waals surface area contributed by atoms with E-state index in [-0.39, 0.29) is 13.2 Å². The molecule has 2 unspecified atom stereocenters. The number of aliphatic hydroxyl groups is 2. The quantitative estimate of drug-likeness (QED) is 0.197. The molecule has 0 bridgehead atoms. The largest absolute Gasteiger partial charge is 0.394 e. The van der Waals surface area contributed by atoms with Crippen LogP contribution in [-0.4, -0.2) is 96.6 Å². The van der Waals surface area contributed by atoms with Gasteiger partial charge >= 0.3 is 0 Å². The maximum atomic E-state index is 8.75. The lowest BCUT2D eigenvalue weighted by atomic mass is 9.91. The molecule has 0 aromatic rings. The van der Waals surface area contributed by atoms with Gasteiger partial charge in [-0.3, -0.25) is 0 Å². The van der Waals surface area contributed by atoms with Gasteiger partial charge in [0.05, 0.1) is 32.5 Å². The van der Waals surface area contributed by atoms with Crippen LogP contribution < -0.4 is 27.2 Å². The van der Waals surface area contributed by atoms with Crippen LogP contribution in [0.4, 0.5) is 0 Å². The highest BCUT2D eigenvalue weighted by atomic mass is 16.6. The predicted molar refractivity (Wildman–Crippen MR) is 117 cm³/mol. The van der Waals surface area contributed by atoms with Crippen LogP contribution in [0.2, 0.25) is 0 Å². The van der Waals surface area contributed by atoms with Gasteiger partial charge in [-0.1, -0.05) is 19.8 Å². The van der Waals surface area contributed by atoms with Crippen LogP contribution in [0.5, 0.6) is 0 Å². The number of aliphatic hydroxyl groups excluding tert-OH is 2. The molecule has 0 aromatic carbocycles. The zero-order valence-electron chi connectivity index (χ0n) is 19.3. The molecule has 0 heterocycles. The van der Waals surface area contributed by atoms with E-state index in [1.54, 1.807) is 28.3 Å². The lowest BCUT2D eigenvalue weighted by Gasteiger charge is -2.27. The summed E-state index contributed by atoms with van der Waals surface area (Å²) in [6, 6.07) is 0.988. The number of methoxy groups -OCH3 is 1. The SMILES string of the molecule is CCC(CO)(CO)NC.CNC1CCCCC1N.CNCCOC.CNOC. The molecular formula is C19H49N5O4. The van der Waals surface area contributed by atoms with Crippen molar-refractivity contribution in [1.29, 1.82) is 0 Å². The Kier molecular flexibility index (Phi) is 28.5. The topological polar surface area (TPSA) is 133 Å². The van der Waals surface area contributed by atoms with Gasteiger partial charge in [-0.15, -0.1) is 0 Å². The molecule has 0 radical (unpaired) electrons. The van der Waals surface area contributed by atoms with Crippen molar-refractivity contribution in [1.82, 2.24) is 21.4 Å². The van der Waals surface area contributed by atoms with Crippen LogP contribution >= 0.6 is 0 Å². The number of likely N-dealkylation sites (N-methyl/N-ethyl adjacent to an activating group) is 3. The molecule has 0 aromatic heterocycles. The molecule has 9 nitrogen and oxygen atoms in total. The van der Waals surface area contributed by atoms with E-state index in [1.165, 1.54) is 25.7 Å². The second-order valence-corrected chi connectivity index (χ2v) is 6.55. The zero-order chi connectivity index (χ0) is 22.3. The molecule has 9 heteroatoms. The van der Waals surface area contributed by atoms with Crippen molar-refractivity contribution < 1.29 is 19.8 Å². The van der Waals surface area contributed by atoms with Gasteiger partial charge in [0, 0.05) is 32.8 Å². The van der Waals surface area contributed by atoms with Gasteiger partial charge in [0.2, 0.25) is 0 Å². The van der Waals surface area contributed by atoms with E-state index >= 15 is 0 Å². The molecule has 0 amide bonds. The highest BCUT2D eigenvalue weighted by Crippen LogP contribution is 2.15. The Morgan fingerprint density at radius 2 is 1.57 bits per heavy atom. The Morgan fingerprint density at radius 3 is 1.75 bits per heavy atom. The fraction of sp³-hybridized carbons (Fsp3) is 1.00.